The average molecular weight is 512 g/mol. The van der Waals surface area contributed by atoms with E-state index in [1.54, 1.807) is 42.5 Å². The second-order valence-corrected chi connectivity index (χ2v) is 8.98. The van der Waals surface area contributed by atoms with Gasteiger partial charge in [0.1, 0.15) is 0 Å². The van der Waals surface area contributed by atoms with Gasteiger partial charge in [0.25, 0.3) is 0 Å². The van der Waals surface area contributed by atoms with E-state index in [4.69, 9.17) is 23.2 Å². The summed E-state index contributed by atoms with van der Waals surface area (Å²) in [6.07, 6.45) is 0. The Hall–Kier alpha value is -3.33. The molecule has 1 heterocycles. The highest BCUT2D eigenvalue weighted by Gasteiger charge is 2.19. The lowest BCUT2D eigenvalue weighted by molar-refractivity contribution is -0.114. The van der Waals surface area contributed by atoms with Gasteiger partial charge < -0.3 is 10.6 Å². The first-order valence-electron chi connectivity index (χ1n) is 10.2. The summed E-state index contributed by atoms with van der Waals surface area (Å²) >= 11 is 13.7. The molecule has 0 aliphatic carbocycles. The quantitative estimate of drug-likeness (QED) is 0.300. The molecule has 1 aromatic heterocycles. The van der Waals surface area contributed by atoms with Gasteiger partial charge in [0.15, 0.2) is 11.0 Å². The fraction of sp³-hybridized carbons (Fsp3) is 0.0833. The Labute approximate surface area is 210 Å². The van der Waals surface area contributed by atoms with Crippen LogP contribution >= 0.6 is 35.0 Å². The third kappa shape index (κ3) is 5.77. The van der Waals surface area contributed by atoms with E-state index in [-0.39, 0.29) is 17.6 Å². The molecule has 0 unspecified atom stereocenters. The zero-order valence-corrected chi connectivity index (χ0v) is 20.3. The highest BCUT2D eigenvalue weighted by atomic mass is 35.5. The number of anilines is 2. The Bertz CT molecular complexity index is 1330. The van der Waals surface area contributed by atoms with Crippen molar-refractivity contribution in [2.24, 2.45) is 0 Å². The number of nitrogens with zero attached hydrogens (tertiary/aromatic N) is 3. The van der Waals surface area contributed by atoms with Gasteiger partial charge >= 0.3 is 0 Å². The monoisotopic (exact) mass is 511 g/mol. The third-order valence-corrected chi connectivity index (χ3v) is 6.12. The molecule has 3 aromatic carbocycles. The SMILES string of the molecule is CC(=O)Nc1ccc(NC(=O)CSc2nnc(-c3ccc(Cl)cc3Cl)n2-c2ccccc2)cc1. The summed E-state index contributed by atoms with van der Waals surface area (Å²) < 4.78 is 1.86. The van der Waals surface area contributed by atoms with Crippen LogP contribution in [0.15, 0.2) is 78.0 Å². The number of hydrogen-bond acceptors (Lipinski definition) is 5. The normalized spacial score (nSPS) is 10.7. The molecular formula is C24H19Cl2N5O2S. The van der Waals surface area contributed by atoms with Crippen LogP contribution in [-0.4, -0.2) is 32.3 Å². The summed E-state index contributed by atoms with van der Waals surface area (Å²) in [5.74, 6) is 0.303. The van der Waals surface area contributed by atoms with Gasteiger partial charge in [0.2, 0.25) is 11.8 Å². The number of halogens is 2. The average Bonchev–Trinajstić information content (AvgIpc) is 3.23. The number of thioether (sulfide) groups is 1. The van der Waals surface area contributed by atoms with Crippen LogP contribution in [-0.2, 0) is 9.59 Å². The lowest BCUT2D eigenvalue weighted by atomic mass is 10.2. The number of hydrogen-bond donors (Lipinski definition) is 2. The van der Waals surface area contributed by atoms with Crippen molar-refractivity contribution in [2.45, 2.75) is 12.1 Å². The van der Waals surface area contributed by atoms with Gasteiger partial charge in [-0.2, -0.15) is 0 Å². The van der Waals surface area contributed by atoms with E-state index in [2.05, 4.69) is 20.8 Å². The molecule has 0 radical (unpaired) electrons. The van der Waals surface area contributed by atoms with Crippen LogP contribution in [0.4, 0.5) is 11.4 Å². The van der Waals surface area contributed by atoms with Crippen molar-refractivity contribution in [3.63, 3.8) is 0 Å². The van der Waals surface area contributed by atoms with E-state index in [0.29, 0.717) is 38.0 Å². The third-order valence-electron chi connectivity index (χ3n) is 4.64. The molecule has 34 heavy (non-hydrogen) atoms. The standard InChI is InChI=1S/C24H19Cl2N5O2S/c1-15(32)27-17-8-10-18(11-9-17)28-22(33)14-34-24-30-29-23(20-12-7-16(25)13-21(20)26)31(24)19-5-3-2-4-6-19/h2-13H,14H2,1H3,(H,27,32)(H,28,33). The zero-order chi connectivity index (χ0) is 24.1. The van der Waals surface area contributed by atoms with Crippen LogP contribution in [0.1, 0.15) is 6.92 Å². The maximum atomic E-state index is 12.6. The molecule has 2 N–H and O–H groups in total. The topological polar surface area (TPSA) is 88.9 Å². The first-order chi connectivity index (χ1) is 16.4. The van der Waals surface area contributed by atoms with Gasteiger partial charge in [-0.15, -0.1) is 10.2 Å². The molecule has 4 rings (SSSR count). The maximum Gasteiger partial charge on any atom is 0.234 e. The van der Waals surface area contributed by atoms with E-state index < -0.39 is 0 Å². The Kier molecular flexibility index (Phi) is 7.52. The molecule has 0 spiro atoms. The molecule has 0 saturated carbocycles. The predicted octanol–water partition coefficient (Wildman–Crippen LogP) is 5.93. The number of aromatic nitrogens is 3. The predicted molar refractivity (Wildman–Crippen MR) is 137 cm³/mol. The number of benzene rings is 3. The van der Waals surface area contributed by atoms with Crippen molar-refractivity contribution in [3.05, 3.63) is 82.8 Å². The molecule has 4 aromatic rings. The van der Waals surface area contributed by atoms with Gasteiger partial charge in [-0.05, 0) is 54.6 Å². The first-order valence-corrected chi connectivity index (χ1v) is 11.9. The molecule has 0 fully saturated rings. The summed E-state index contributed by atoms with van der Waals surface area (Å²) in [6.45, 7) is 1.44. The van der Waals surface area contributed by atoms with Crippen LogP contribution in [0.5, 0.6) is 0 Å². The zero-order valence-electron chi connectivity index (χ0n) is 18.0. The lowest BCUT2D eigenvalue weighted by Crippen LogP contribution is -2.14. The summed E-state index contributed by atoms with van der Waals surface area (Å²) in [5.41, 5.74) is 2.80. The van der Waals surface area contributed by atoms with Crippen LogP contribution in [0.3, 0.4) is 0 Å². The van der Waals surface area contributed by atoms with E-state index in [9.17, 15) is 9.59 Å². The highest BCUT2D eigenvalue weighted by Crippen LogP contribution is 2.33. The molecule has 2 amide bonds. The Morgan fingerprint density at radius 3 is 2.24 bits per heavy atom. The Balaban J connectivity index is 1.53. The molecule has 172 valence electrons. The van der Waals surface area contributed by atoms with Crippen molar-refractivity contribution < 1.29 is 9.59 Å². The summed E-state index contributed by atoms with van der Waals surface area (Å²) in [6, 6.07) is 21.7. The number of carbonyl (C=O) groups excluding carboxylic acids is 2. The van der Waals surface area contributed by atoms with Crippen molar-refractivity contribution in [1.82, 2.24) is 14.8 Å². The maximum absolute atomic E-state index is 12.6. The van der Waals surface area contributed by atoms with E-state index in [1.165, 1.54) is 18.7 Å². The summed E-state index contributed by atoms with van der Waals surface area (Å²) in [4.78, 5) is 23.7. The number of rotatable bonds is 7. The molecule has 0 saturated heterocycles. The van der Waals surface area contributed by atoms with Crippen molar-refractivity contribution in [1.29, 1.82) is 0 Å². The van der Waals surface area contributed by atoms with Crippen LogP contribution < -0.4 is 10.6 Å². The molecule has 0 bridgehead atoms. The van der Waals surface area contributed by atoms with Crippen LogP contribution in [0.25, 0.3) is 17.1 Å². The number of amides is 2. The molecule has 0 aliphatic heterocycles. The van der Waals surface area contributed by atoms with Crippen molar-refractivity contribution >= 4 is 58.2 Å². The van der Waals surface area contributed by atoms with E-state index in [1.807, 2.05) is 34.9 Å². The lowest BCUT2D eigenvalue weighted by Gasteiger charge is -2.11. The molecule has 0 atom stereocenters. The van der Waals surface area contributed by atoms with Gasteiger partial charge in [-0.3, -0.25) is 14.2 Å². The van der Waals surface area contributed by atoms with Gasteiger partial charge in [-0.25, -0.2) is 0 Å². The highest BCUT2D eigenvalue weighted by molar-refractivity contribution is 7.99. The van der Waals surface area contributed by atoms with E-state index in [0.717, 1.165) is 5.69 Å². The largest absolute Gasteiger partial charge is 0.326 e. The molecule has 0 aliphatic rings. The molecule has 7 nitrogen and oxygen atoms in total. The first kappa shape index (κ1) is 23.8. The number of carbonyl (C=O) groups is 2. The van der Waals surface area contributed by atoms with Crippen LogP contribution in [0, 0.1) is 0 Å². The number of para-hydroxylation sites is 1. The second kappa shape index (κ2) is 10.7. The smallest absolute Gasteiger partial charge is 0.234 e. The van der Waals surface area contributed by atoms with E-state index >= 15 is 0 Å². The number of nitrogens with one attached hydrogen (secondary N) is 2. The van der Waals surface area contributed by atoms with Gasteiger partial charge in [-0.1, -0.05) is 53.2 Å². The second-order valence-electron chi connectivity index (χ2n) is 7.20. The molecular weight excluding hydrogens is 493 g/mol. The summed E-state index contributed by atoms with van der Waals surface area (Å²) in [7, 11) is 0. The minimum absolute atomic E-state index is 0.118. The van der Waals surface area contributed by atoms with Crippen molar-refractivity contribution in [2.75, 3.05) is 16.4 Å². The van der Waals surface area contributed by atoms with Gasteiger partial charge in [0.05, 0.1) is 10.8 Å². The minimum atomic E-state index is -0.203. The van der Waals surface area contributed by atoms with Gasteiger partial charge in [0, 0.05) is 34.6 Å². The fourth-order valence-electron chi connectivity index (χ4n) is 3.19. The van der Waals surface area contributed by atoms with Crippen LogP contribution in [0.2, 0.25) is 10.0 Å². The minimum Gasteiger partial charge on any atom is -0.326 e. The Morgan fingerprint density at radius 1 is 0.912 bits per heavy atom. The molecule has 10 heteroatoms. The summed E-state index contributed by atoms with van der Waals surface area (Å²) in [5, 5.41) is 15.7. The van der Waals surface area contributed by atoms with Crippen molar-refractivity contribution in [3.8, 4) is 17.1 Å². The Morgan fingerprint density at radius 2 is 1.59 bits per heavy atom. The fourth-order valence-corrected chi connectivity index (χ4v) is 4.43.